The molecule has 0 amide bonds. The van der Waals surface area contributed by atoms with E-state index in [4.69, 9.17) is 9.26 Å². The van der Waals surface area contributed by atoms with Crippen LogP contribution in [-0.2, 0) is 16.0 Å². The van der Waals surface area contributed by atoms with Gasteiger partial charge in [-0.1, -0.05) is 35.5 Å². The summed E-state index contributed by atoms with van der Waals surface area (Å²) in [4.78, 5) is 16.0. The Morgan fingerprint density at radius 2 is 2.14 bits per heavy atom. The fourth-order valence-electron chi connectivity index (χ4n) is 2.05. The molecule has 1 N–H and O–H groups in total. The number of aromatic nitrogens is 2. The van der Waals surface area contributed by atoms with Gasteiger partial charge in [0.05, 0.1) is 13.0 Å². The number of nitrogens with zero attached hydrogens (tertiary/aromatic N) is 2. The quantitative estimate of drug-likeness (QED) is 0.614. The third kappa shape index (κ3) is 4.39. The van der Waals surface area contributed by atoms with Gasteiger partial charge in [0.1, 0.15) is 0 Å². The van der Waals surface area contributed by atoms with Crippen LogP contribution in [0.2, 0.25) is 0 Å². The first-order valence-electron chi connectivity index (χ1n) is 6.83. The lowest BCUT2D eigenvalue weighted by atomic mass is 9.99. The summed E-state index contributed by atoms with van der Waals surface area (Å²) in [5.41, 5.74) is 0.936. The SMILES string of the molecule is COC(=O)C(CNCCc1nc(C)no1)c1ccccc1. The Hall–Kier alpha value is -2.21. The predicted octanol–water partition coefficient (Wildman–Crippen LogP) is 1.47. The topological polar surface area (TPSA) is 77.2 Å². The highest BCUT2D eigenvalue weighted by atomic mass is 16.5. The van der Waals surface area contributed by atoms with Crippen LogP contribution in [0, 0.1) is 6.92 Å². The Morgan fingerprint density at radius 3 is 2.76 bits per heavy atom. The molecule has 6 nitrogen and oxygen atoms in total. The third-order valence-electron chi connectivity index (χ3n) is 3.12. The minimum atomic E-state index is -0.319. The van der Waals surface area contributed by atoms with E-state index in [9.17, 15) is 4.79 Å². The van der Waals surface area contributed by atoms with E-state index in [0.29, 0.717) is 31.2 Å². The number of hydrogen-bond donors (Lipinski definition) is 1. The molecular weight excluding hydrogens is 270 g/mol. The van der Waals surface area contributed by atoms with E-state index in [-0.39, 0.29) is 11.9 Å². The Labute approximate surface area is 123 Å². The molecule has 0 radical (unpaired) electrons. The van der Waals surface area contributed by atoms with Gasteiger partial charge >= 0.3 is 5.97 Å². The second-order valence-corrected chi connectivity index (χ2v) is 4.68. The fourth-order valence-corrected chi connectivity index (χ4v) is 2.05. The van der Waals surface area contributed by atoms with E-state index in [0.717, 1.165) is 5.56 Å². The number of nitrogens with one attached hydrogen (secondary N) is 1. The van der Waals surface area contributed by atoms with Gasteiger partial charge in [0.15, 0.2) is 5.82 Å². The number of hydrogen-bond acceptors (Lipinski definition) is 6. The van der Waals surface area contributed by atoms with Gasteiger partial charge in [0.25, 0.3) is 0 Å². The van der Waals surface area contributed by atoms with Crippen LogP contribution in [0.5, 0.6) is 0 Å². The predicted molar refractivity (Wildman–Crippen MR) is 76.8 cm³/mol. The van der Waals surface area contributed by atoms with Gasteiger partial charge in [-0.2, -0.15) is 4.98 Å². The van der Waals surface area contributed by atoms with Gasteiger partial charge in [0, 0.05) is 19.5 Å². The smallest absolute Gasteiger partial charge is 0.314 e. The van der Waals surface area contributed by atoms with E-state index in [1.54, 1.807) is 6.92 Å². The standard InChI is InChI=1S/C15H19N3O3/c1-11-17-14(21-18-11)8-9-16-10-13(15(19)20-2)12-6-4-3-5-7-12/h3-7,13,16H,8-10H2,1-2H3. The summed E-state index contributed by atoms with van der Waals surface area (Å²) in [6, 6.07) is 9.58. The summed E-state index contributed by atoms with van der Waals surface area (Å²) in [5, 5.41) is 6.96. The highest BCUT2D eigenvalue weighted by molar-refractivity contribution is 5.78. The number of benzene rings is 1. The maximum Gasteiger partial charge on any atom is 0.314 e. The van der Waals surface area contributed by atoms with Crippen molar-refractivity contribution in [3.05, 3.63) is 47.6 Å². The molecule has 1 atom stereocenters. The molecule has 0 aliphatic heterocycles. The van der Waals surface area contributed by atoms with Gasteiger partial charge in [-0.25, -0.2) is 0 Å². The monoisotopic (exact) mass is 289 g/mol. The number of esters is 1. The van der Waals surface area contributed by atoms with Crippen molar-refractivity contribution in [1.82, 2.24) is 15.5 Å². The number of methoxy groups -OCH3 is 1. The molecule has 112 valence electrons. The Morgan fingerprint density at radius 1 is 1.38 bits per heavy atom. The maximum atomic E-state index is 11.9. The van der Waals surface area contributed by atoms with Crippen LogP contribution in [0.4, 0.5) is 0 Å². The molecule has 2 rings (SSSR count). The first-order chi connectivity index (χ1) is 10.2. The third-order valence-corrected chi connectivity index (χ3v) is 3.12. The Bertz CT molecular complexity index is 569. The van der Waals surface area contributed by atoms with E-state index in [1.165, 1.54) is 7.11 Å². The van der Waals surface area contributed by atoms with Crippen LogP contribution in [-0.4, -0.2) is 36.3 Å². The molecule has 0 saturated carbocycles. The average Bonchev–Trinajstić information content (AvgIpc) is 2.93. The van der Waals surface area contributed by atoms with Crippen LogP contribution >= 0.6 is 0 Å². The van der Waals surface area contributed by atoms with Crippen LogP contribution in [0.3, 0.4) is 0 Å². The molecule has 0 bridgehead atoms. The lowest BCUT2D eigenvalue weighted by molar-refractivity contribution is -0.142. The minimum Gasteiger partial charge on any atom is -0.469 e. The lowest BCUT2D eigenvalue weighted by Crippen LogP contribution is -2.29. The summed E-state index contributed by atoms with van der Waals surface area (Å²) in [7, 11) is 1.40. The van der Waals surface area contributed by atoms with Crippen LogP contribution in [0.25, 0.3) is 0 Å². The van der Waals surface area contributed by atoms with Gasteiger partial charge in [-0.3, -0.25) is 4.79 Å². The van der Waals surface area contributed by atoms with Crippen LogP contribution < -0.4 is 5.32 Å². The molecule has 0 fully saturated rings. The molecule has 1 aromatic carbocycles. The molecule has 1 aromatic heterocycles. The zero-order chi connectivity index (χ0) is 15.1. The summed E-state index contributed by atoms with van der Waals surface area (Å²) < 4.78 is 9.90. The minimum absolute atomic E-state index is 0.248. The normalized spacial score (nSPS) is 12.1. The van der Waals surface area contributed by atoms with Crippen LogP contribution in [0.1, 0.15) is 23.2 Å². The fraction of sp³-hybridized carbons (Fsp3) is 0.400. The lowest BCUT2D eigenvalue weighted by Gasteiger charge is -2.15. The summed E-state index contributed by atoms with van der Waals surface area (Å²) in [5.74, 6) is 0.652. The molecule has 21 heavy (non-hydrogen) atoms. The average molecular weight is 289 g/mol. The summed E-state index contributed by atoms with van der Waals surface area (Å²) in [6.45, 7) is 2.94. The molecule has 6 heteroatoms. The van der Waals surface area contributed by atoms with E-state index in [2.05, 4.69) is 15.5 Å². The highest BCUT2D eigenvalue weighted by Crippen LogP contribution is 2.16. The second kappa shape index (κ2) is 7.54. The van der Waals surface area contributed by atoms with E-state index >= 15 is 0 Å². The van der Waals surface area contributed by atoms with Gasteiger partial charge in [-0.15, -0.1) is 0 Å². The molecule has 0 spiro atoms. The van der Waals surface area contributed by atoms with Crippen molar-refractivity contribution < 1.29 is 14.1 Å². The largest absolute Gasteiger partial charge is 0.469 e. The number of rotatable bonds is 7. The van der Waals surface area contributed by atoms with Crippen molar-refractivity contribution in [3.63, 3.8) is 0 Å². The van der Waals surface area contributed by atoms with E-state index in [1.807, 2.05) is 30.3 Å². The first-order valence-corrected chi connectivity index (χ1v) is 6.83. The molecule has 0 aliphatic carbocycles. The Kier molecular flexibility index (Phi) is 5.45. The number of ether oxygens (including phenoxy) is 1. The van der Waals surface area contributed by atoms with E-state index < -0.39 is 0 Å². The van der Waals surface area contributed by atoms with Gasteiger partial charge in [0.2, 0.25) is 5.89 Å². The molecule has 2 aromatic rings. The second-order valence-electron chi connectivity index (χ2n) is 4.68. The highest BCUT2D eigenvalue weighted by Gasteiger charge is 2.20. The number of carbonyl (C=O) groups is 1. The van der Waals surface area contributed by atoms with Crippen molar-refractivity contribution in [2.75, 3.05) is 20.2 Å². The number of aryl methyl sites for hydroxylation is 1. The van der Waals surface area contributed by atoms with Crippen molar-refractivity contribution in [1.29, 1.82) is 0 Å². The van der Waals surface area contributed by atoms with Crippen molar-refractivity contribution in [2.24, 2.45) is 0 Å². The molecule has 1 heterocycles. The molecular formula is C15H19N3O3. The van der Waals surface area contributed by atoms with Crippen molar-refractivity contribution >= 4 is 5.97 Å². The zero-order valence-electron chi connectivity index (χ0n) is 12.2. The summed E-state index contributed by atoms with van der Waals surface area (Å²) in [6.07, 6.45) is 0.628. The van der Waals surface area contributed by atoms with Crippen molar-refractivity contribution in [3.8, 4) is 0 Å². The first kappa shape index (κ1) is 15.2. The molecule has 0 aliphatic rings. The van der Waals surface area contributed by atoms with Crippen LogP contribution in [0.15, 0.2) is 34.9 Å². The summed E-state index contributed by atoms with van der Waals surface area (Å²) >= 11 is 0. The maximum absolute atomic E-state index is 11.9. The molecule has 1 unspecified atom stereocenters. The number of carbonyl (C=O) groups excluding carboxylic acids is 1. The molecule has 0 saturated heterocycles. The van der Waals surface area contributed by atoms with Crippen molar-refractivity contribution in [2.45, 2.75) is 19.3 Å². The Balaban J connectivity index is 1.86. The zero-order valence-corrected chi connectivity index (χ0v) is 12.2. The van der Waals surface area contributed by atoms with Gasteiger partial charge in [-0.05, 0) is 12.5 Å². The van der Waals surface area contributed by atoms with Gasteiger partial charge < -0.3 is 14.6 Å².